The van der Waals surface area contributed by atoms with Gasteiger partial charge in [0.25, 0.3) is 5.92 Å². The van der Waals surface area contributed by atoms with E-state index in [0.717, 1.165) is 24.5 Å². The molecule has 108 valence electrons. The Kier molecular flexibility index (Phi) is 4.36. The molecule has 19 heavy (non-hydrogen) atoms. The van der Waals surface area contributed by atoms with Crippen LogP contribution in [0.25, 0.3) is 0 Å². The van der Waals surface area contributed by atoms with E-state index in [1.807, 2.05) is 33.9 Å². The lowest BCUT2D eigenvalue weighted by Gasteiger charge is -2.37. The van der Waals surface area contributed by atoms with Gasteiger partial charge in [-0.05, 0) is 18.1 Å². The largest absolute Gasteiger partial charge is 0.619 e. The number of hydrogen-bond acceptors (Lipinski definition) is 2. The molecule has 0 saturated heterocycles. The zero-order valence-corrected chi connectivity index (χ0v) is 13.0. The van der Waals surface area contributed by atoms with E-state index in [-0.39, 0.29) is 10.6 Å². The van der Waals surface area contributed by atoms with Crippen LogP contribution < -0.4 is 4.73 Å². The van der Waals surface area contributed by atoms with Gasteiger partial charge in [0, 0.05) is 17.7 Å². The van der Waals surface area contributed by atoms with E-state index in [0.29, 0.717) is 4.73 Å². The molecule has 0 saturated carbocycles. The van der Waals surface area contributed by atoms with E-state index in [2.05, 4.69) is 0 Å². The lowest BCUT2D eigenvalue weighted by atomic mass is 10.1. The fraction of sp³-hybridized carbons (Fsp3) is 0.615. The number of rotatable bonds is 4. The Bertz CT molecular complexity index is 427. The van der Waals surface area contributed by atoms with Crippen LogP contribution in [0.3, 0.4) is 0 Å². The summed E-state index contributed by atoms with van der Waals surface area (Å²) in [6, 6.07) is 2.25. The third-order valence-corrected chi connectivity index (χ3v) is 8.12. The molecule has 1 heterocycles. The maximum absolute atomic E-state index is 14.0. The summed E-state index contributed by atoms with van der Waals surface area (Å²) >= 11 is 0. The minimum Gasteiger partial charge on any atom is -0.619 e. The van der Waals surface area contributed by atoms with Crippen molar-refractivity contribution in [3.63, 3.8) is 0 Å². The van der Waals surface area contributed by atoms with Gasteiger partial charge in [-0.2, -0.15) is 13.5 Å². The minimum atomic E-state index is -3.08. The quantitative estimate of drug-likeness (QED) is 0.483. The van der Waals surface area contributed by atoms with Gasteiger partial charge in [0.2, 0.25) is 0 Å². The normalized spacial score (nSPS) is 13.6. The maximum Gasteiger partial charge on any atom is 0.295 e. The molecular weight excluding hydrogens is 268 g/mol. The SMILES string of the molecule is CC(C)(C)[Si](C)(C)OCC(F)(F)c1cc[n+]([O-])cc1. The molecule has 1 rings (SSSR count). The molecule has 0 aromatic carbocycles. The fourth-order valence-electron chi connectivity index (χ4n) is 1.23. The summed E-state index contributed by atoms with van der Waals surface area (Å²) in [5.41, 5.74) is -0.196. The molecule has 0 aliphatic heterocycles. The van der Waals surface area contributed by atoms with Gasteiger partial charge < -0.3 is 9.63 Å². The van der Waals surface area contributed by atoms with Crippen molar-refractivity contribution in [1.82, 2.24) is 0 Å². The highest BCUT2D eigenvalue weighted by atomic mass is 28.4. The molecule has 1 aromatic heterocycles. The molecule has 0 spiro atoms. The minimum absolute atomic E-state index is 0.113. The Balaban J connectivity index is 2.78. The first-order valence-electron chi connectivity index (χ1n) is 6.17. The van der Waals surface area contributed by atoms with Gasteiger partial charge in [-0.1, -0.05) is 20.8 Å². The van der Waals surface area contributed by atoms with Crippen LogP contribution in [0.5, 0.6) is 0 Å². The Morgan fingerprint density at radius 1 is 1.21 bits per heavy atom. The Labute approximate surface area is 113 Å². The highest BCUT2D eigenvalue weighted by Gasteiger charge is 2.41. The predicted octanol–water partition coefficient (Wildman–Crippen LogP) is 3.43. The fourth-order valence-corrected chi connectivity index (χ4v) is 2.20. The van der Waals surface area contributed by atoms with Crippen LogP contribution in [0.15, 0.2) is 24.5 Å². The summed E-state index contributed by atoms with van der Waals surface area (Å²) in [5.74, 6) is -3.08. The molecule has 0 aliphatic carbocycles. The van der Waals surface area contributed by atoms with Crippen LogP contribution in [0.1, 0.15) is 26.3 Å². The lowest BCUT2D eigenvalue weighted by Crippen LogP contribution is -2.43. The molecule has 0 fully saturated rings. The number of aromatic nitrogens is 1. The van der Waals surface area contributed by atoms with Crippen molar-refractivity contribution < 1.29 is 17.9 Å². The van der Waals surface area contributed by atoms with Gasteiger partial charge >= 0.3 is 0 Å². The highest BCUT2D eigenvalue weighted by Crippen LogP contribution is 2.38. The van der Waals surface area contributed by atoms with Crippen LogP contribution in [0.2, 0.25) is 18.1 Å². The number of pyridine rings is 1. The van der Waals surface area contributed by atoms with E-state index in [4.69, 9.17) is 4.43 Å². The molecule has 6 heteroatoms. The van der Waals surface area contributed by atoms with Gasteiger partial charge in [-0.3, -0.25) is 0 Å². The molecule has 0 N–H and O–H groups in total. The van der Waals surface area contributed by atoms with E-state index in [9.17, 15) is 14.0 Å². The van der Waals surface area contributed by atoms with Crippen molar-refractivity contribution >= 4 is 8.32 Å². The van der Waals surface area contributed by atoms with Crippen LogP contribution in [0, 0.1) is 5.21 Å². The number of nitrogens with zero attached hydrogens (tertiary/aromatic N) is 1. The van der Waals surface area contributed by atoms with Crippen LogP contribution in [0.4, 0.5) is 8.78 Å². The smallest absolute Gasteiger partial charge is 0.295 e. The first kappa shape index (κ1) is 16.0. The summed E-state index contributed by atoms with van der Waals surface area (Å²) in [7, 11) is -2.21. The van der Waals surface area contributed by atoms with Gasteiger partial charge in [0.05, 0.1) is 0 Å². The van der Waals surface area contributed by atoms with Gasteiger partial charge in [0.1, 0.15) is 6.61 Å². The standard InChI is InChI=1S/C13H21F2NO2Si/c1-12(2,3)19(4,5)18-10-13(14,15)11-6-8-16(17)9-7-11/h6-9H,10H2,1-5H3. The Morgan fingerprint density at radius 3 is 2.11 bits per heavy atom. The summed E-state index contributed by atoms with van der Waals surface area (Å²) in [4.78, 5) is 0. The van der Waals surface area contributed by atoms with Gasteiger partial charge in [-0.25, -0.2) is 0 Å². The third kappa shape index (κ3) is 3.97. The van der Waals surface area contributed by atoms with E-state index in [1.165, 1.54) is 0 Å². The molecule has 0 amide bonds. The molecular formula is C13H21F2NO2Si. The lowest BCUT2D eigenvalue weighted by molar-refractivity contribution is -0.605. The Morgan fingerprint density at radius 2 is 1.68 bits per heavy atom. The van der Waals surface area contributed by atoms with Gasteiger partial charge in [-0.15, -0.1) is 0 Å². The number of hydrogen-bond donors (Lipinski definition) is 0. The van der Waals surface area contributed by atoms with Crippen molar-refractivity contribution in [3.05, 3.63) is 35.3 Å². The highest BCUT2D eigenvalue weighted by molar-refractivity contribution is 6.74. The summed E-state index contributed by atoms with van der Waals surface area (Å²) < 4.78 is 34.0. The van der Waals surface area contributed by atoms with Crippen molar-refractivity contribution in [1.29, 1.82) is 0 Å². The molecule has 0 radical (unpaired) electrons. The van der Waals surface area contributed by atoms with E-state index < -0.39 is 20.8 Å². The number of halogens is 2. The van der Waals surface area contributed by atoms with Crippen molar-refractivity contribution in [2.45, 2.75) is 44.8 Å². The first-order chi connectivity index (χ1) is 8.46. The second-order valence-electron chi connectivity index (χ2n) is 6.20. The molecule has 3 nitrogen and oxygen atoms in total. The molecule has 0 atom stereocenters. The van der Waals surface area contributed by atoms with Crippen molar-refractivity contribution in [2.24, 2.45) is 0 Å². The average molecular weight is 289 g/mol. The zero-order valence-electron chi connectivity index (χ0n) is 12.0. The van der Waals surface area contributed by atoms with Crippen LogP contribution >= 0.6 is 0 Å². The second kappa shape index (κ2) is 5.17. The molecule has 0 aliphatic rings. The van der Waals surface area contributed by atoms with Crippen molar-refractivity contribution in [3.8, 4) is 0 Å². The van der Waals surface area contributed by atoms with Gasteiger partial charge in [0.15, 0.2) is 20.7 Å². The average Bonchev–Trinajstić information content (AvgIpc) is 2.26. The topological polar surface area (TPSA) is 36.2 Å². The molecule has 0 unspecified atom stereocenters. The number of alkyl halides is 2. The second-order valence-corrected chi connectivity index (χ2v) is 11.0. The van der Waals surface area contributed by atoms with Crippen LogP contribution in [-0.4, -0.2) is 14.9 Å². The van der Waals surface area contributed by atoms with E-state index in [1.54, 1.807) is 0 Å². The molecule has 1 aromatic rings. The summed E-state index contributed by atoms with van der Waals surface area (Å²) in [6.45, 7) is 9.21. The van der Waals surface area contributed by atoms with Crippen LogP contribution in [-0.2, 0) is 10.3 Å². The molecule has 0 bridgehead atoms. The Hall–Kier alpha value is -1.01. The summed E-state index contributed by atoms with van der Waals surface area (Å²) in [5, 5.41) is 10.7. The zero-order chi connectivity index (χ0) is 14.9. The first-order valence-corrected chi connectivity index (χ1v) is 9.08. The monoisotopic (exact) mass is 289 g/mol. The predicted molar refractivity (Wildman–Crippen MR) is 72.4 cm³/mol. The third-order valence-electron chi connectivity index (χ3n) is 3.64. The van der Waals surface area contributed by atoms with Crippen molar-refractivity contribution in [2.75, 3.05) is 6.61 Å². The van der Waals surface area contributed by atoms with E-state index >= 15 is 0 Å². The summed E-state index contributed by atoms with van der Waals surface area (Å²) in [6.07, 6.45) is 2.13. The maximum atomic E-state index is 14.0.